The van der Waals surface area contributed by atoms with E-state index >= 15 is 0 Å². The van der Waals surface area contributed by atoms with Crippen LogP contribution in [0.4, 0.5) is 0 Å². The SMILES string of the molecule is CCCCCCCCCCCCCCCCCCCCO.CCCCCCCCCCCCCCO. The Hall–Kier alpha value is -0.0800. The number of aliphatic hydroxyl groups excluding tert-OH is 2. The Morgan fingerprint density at radius 3 is 0.500 bits per heavy atom. The first-order chi connectivity index (χ1) is 17.8. The van der Waals surface area contributed by atoms with Gasteiger partial charge in [-0.2, -0.15) is 0 Å². The predicted octanol–water partition coefficient (Wildman–Crippen LogP) is 11.7. The summed E-state index contributed by atoms with van der Waals surface area (Å²) in [5.41, 5.74) is 0. The molecule has 0 aromatic heterocycles. The maximum atomic E-state index is 8.69. The van der Waals surface area contributed by atoms with E-state index in [0.29, 0.717) is 13.2 Å². The molecule has 0 fully saturated rings. The highest BCUT2D eigenvalue weighted by atomic mass is 16.3. The largest absolute Gasteiger partial charge is 0.396 e. The standard InChI is InChI=1S/C20H42O.C14H30O/c1-2-3-4-5-6-7-8-9-10-11-12-13-14-15-16-17-18-19-20-21;1-2-3-4-5-6-7-8-9-10-11-12-13-14-15/h21H,2-20H2,1H3;15H,2-14H2,1H3. The van der Waals surface area contributed by atoms with Crippen molar-refractivity contribution in [2.24, 2.45) is 0 Å². The summed E-state index contributed by atoms with van der Waals surface area (Å²) >= 11 is 0. The van der Waals surface area contributed by atoms with Gasteiger partial charge in [0, 0.05) is 13.2 Å². The van der Waals surface area contributed by atoms with E-state index in [9.17, 15) is 0 Å². The average molecular weight is 513 g/mol. The molecule has 0 aromatic carbocycles. The molecule has 0 saturated heterocycles. The smallest absolute Gasteiger partial charge is 0.0431 e. The van der Waals surface area contributed by atoms with E-state index < -0.39 is 0 Å². The molecule has 0 aliphatic heterocycles. The molecule has 0 unspecified atom stereocenters. The highest BCUT2D eigenvalue weighted by Gasteiger charge is 1.95. The number of aliphatic hydroxyl groups is 2. The molecule has 2 nitrogen and oxygen atoms in total. The Morgan fingerprint density at radius 2 is 0.361 bits per heavy atom. The van der Waals surface area contributed by atoms with Gasteiger partial charge in [0.1, 0.15) is 0 Å². The fourth-order valence-electron chi connectivity index (χ4n) is 4.97. The van der Waals surface area contributed by atoms with Crippen molar-refractivity contribution in [1.82, 2.24) is 0 Å². The van der Waals surface area contributed by atoms with Gasteiger partial charge in [0.2, 0.25) is 0 Å². The molecular formula is C34H72O2. The maximum Gasteiger partial charge on any atom is 0.0431 e. The summed E-state index contributed by atoms with van der Waals surface area (Å²) in [5.74, 6) is 0. The molecule has 0 rings (SSSR count). The van der Waals surface area contributed by atoms with Crippen LogP contribution >= 0.6 is 0 Å². The van der Waals surface area contributed by atoms with Crippen molar-refractivity contribution < 1.29 is 10.2 Å². The molecule has 0 aliphatic carbocycles. The van der Waals surface area contributed by atoms with E-state index in [1.807, 2.05) is 0 Å². The van der Waals surface area contributed by atoms with Crippen molar-refractivity contribution in [1.29, 1.82) is 0 Å². The van der Waals surface area contributed by atoms with Gasteiger partial charge in [0.05, 0.1) is 0 Å². The highest BCUT2D eigenvalue weighted by molar-refractivity contribution is 4.51. The van der Waals surface area contributed by atoms with Crippen molar-refractivity contribution >= 4 is 0 Å². The van der Waals surface area contributed by atoms with Crippen LogP contribution in [0.25, 0.3) is 0 Å². The highest BCUT2D eigenvalue weighted by Crippen LogP contribution is 2.14. The molecule has 0 bridgehead atoms. The summed E-state index contributed by atoms with van der Waals surface area (Å²) in [6, 6.07) is 0. The second-order valence-corrected chi connectivity index (χ2v) is 11.3. The van der Waals surface area contributed by atoms with Crippen molar-refractivity contribution in [2.45, 2.75) is 206 Å². The quantitative estimate of drug-likeness (QED) is 0.0939. The fourth-order valence-corrected chi connectivity index (χ4v) is 4.97. The third kappa shape index (κ3) is 41.1. The van der Waals surface area contributed by atoms with E-state index in [-0.39, 0.29) is 0 Å². The van der Waals surface area contributed by atoms with Gasteiger partial charge in [-0.3, -0.25) is 0 Å². The lowest BCUT2D eigenvalue weighted by Crippen LogP contribution is -1.85. The number of hydrogen-bond acceptors (Lipinski definition) is 2. The summed E-state index contributed by atoms with van der Waals surface area (Å²) in [5, 5.41) is 17.3. The lowest BCUT2D eigenvalue weighted by molar-refractivity contribution is 0.282. The molecule has 0 spiro atoms. The van der Waals surface area contributed by atoms with Gasteiger partial charge < -0.3 is 10.2 Å². The normalized spacial score (nSPS) is 11.0. The Balaban J connectivity index is 0. The zero-order valence-electron chi connectivity index (χ0n) is 25.5. The lowest BCUT2D eigenvalue weighted by Gasteiger charge is -2.03. The molecule has 0 heterocycles. The number of unbranched alkanes of at least 4 members (excludes halogenated alkanes) is 28. The third-order valence-corrected chi connectivity index (χ3v) is 7.52. The van der Waals surface area contributed by atoms with Gasteiger partial charge in [-0.05, 0) is 12.8 Å². The zero-order chi connectivity index (χ0) is 26.6. The number of rotatable bonds is 30. The molecule has 0 amide bonds. The third-order valence-electron chi connectivity index (χ3n) is 7.52. The lowest BCUT2D eigenvalue weighted by atomic mass is 10.0. The molecule has 220 valence electrons. The van der Waals surface area contributed by atoms with Crippen LogP contribution in [0.15, 0.2) is 0 Å². The monoisotopic (exact) mass is 513 g/mol. The topological polar surface area (TPSA) is 40.5 Å². The minimum absolute atomic E-state index is 0.372. The predicted molar refractivity (Wildman–Crippen MR) is 164 cm³/mol. The van der Waals surface area contributed by atoms with Gasteiger partial charge in [-0.25, -0.2) is 0 Å². The molecule has 36 heavy (non-hydrogen) atoms. The molecule has 0 radical (unpaired) electrons. The molecule has 0 aromatic rings. The van der Waals surface area contributed by atoms with E-state index in [1.54, 1.807) is 0 Å². The van der Waals surface area contributed by atoms with E-state index in [1.165, 1.54) is 180 Å². The first-order valence-electron chi connectivity index (χ1n) is 17.0. The Labute approximate surface area is 229 Å². The van der Waals surface area contributed by atoms with Crippen LogP contribution in [0.5, 0.6) is 0 Å². The molecule has 0 saturated carbocycles. The van der Waals surface area contributed by atoms with Crippen LogP contribution in [0, 0.1) is 0 Å². The van der Waals surface area contributed by atoms with Crippen LogP contribution in [-0.4, -0.2) is 23.4 Å². The molecule has 0 atom stereocenters. The Kier molecular flexibility index (Phi) is 41.7. The summed E-state index contributed by atoms with van der Waals surface area (Å²) in [7, 11) is 0. The van der Waals surface area contributed by atoms with Crippen molar-refractivity contribution in [3.63, 3.8) is 0 Å². The van der Waals surface area contributed by atoms with Crippen LogP contribution in [-0.2, 0) is 0 Å². The zero-order valence-corrected chi connectivity index (χ0v) is 25.5. The van der Waals surface area contributed by atoms with Crippen LogP contribution in [0.1, 0.15) is 206 Å². The first-order valence-corrected chi connectivity index (χ1v) is 17.0. The van der Waals surface area contributed by atoms with Gasteiger partial charge in [-0.15, -0.1) is 0 Å². The Bertz CT molecular complexity index is 301. The van der Waals surface area contributed by atoms with Crippen LogP contribution < -0.4 is 0 Å². The summed E-state index contributed by atoms with van der Waals surface area (Å²) in [4.78, 5) is 0. The second-order valence-electron chi connectivity index (χ2n) is 11.3. The second kappa shape index (κ2) is 39.4. The maximum absolute atomic E-state index is 8.69. The Morgan fingerprint density at radius 1 is 0.222 bits per heavy atom. The van der Waals surface area contributed by atoms with Crippen molar-refractivity contribution in [3.8, 4) is 0 Å². The molecule has 0 aliphatic rings. The van der Waals surface area contributed by atoms with Gasteiger partial charge in [0.25, 0.3) is 0 Å². The van der Waals surface area contributed by atoms with Crippen molar-refractivity contribution in [3.05, 3.63) is 0 Å². The van der Waals surface area contributed by atoms with E-state index in [0.717, 1.165) is 12.8 Å². The van der Waals surface area contributed by atoms with Gasteiger partial charge in [-0.1, -0.05) is 194 Å². The summed E-state index contributed by atoms with van der Waals surface area (Å²) in [6.07, 6.45) is 41.4. The number of hydrogen-bond donors (Lipinski definition) is 2. The van der Waals surface area contributed by atoms with Crippen LogP contribution in [0.2, 0.25) is 0 Å². The average Bonchev–Trinajstić information content (AvgIpc) is 2.89. The van der Waals surface area contributed by atoms with E-state index in [2.05, 4.69) is 13.8 Å². The van der Waals surface area contributed by atoms with Crippen LogP contribution in [0.3, 0.4) is 0 Å². The summed E-state index contributed by atoms with van der Waals surface area (Å²) < 4.78 is 0. The van der Waals surface area contributed by atoms with Gasteiger partial charge in [0.15, 0.2) is 0 Å². The van der Waals surface area contributed by atoms with Crippen molar-refractivity contribution in [2.75, 3.05) is 13.2 Å². The molecule has 2 heteroatoms. The minimum Gasteiger partial charge on any atom is -0.396 e. The minimum atomic E-state index is 0.372. The molecular weight excluding hydrogens is 440 g/mol. The summed E-state index contributed by atoms with van der Waals surface area (Å²) in [6.45, 7) is 5.31. The first kappa shape index (κ1) is 38.1. The molecule has 2 N–H and O–H groups in total. The van der Waals surface area contributed by atoms with Gasteiger partial charge >= 0.3 is 0 Å². The fraction of sp³-hybridized carbons (Fsp3) is 1.00. The van der Waals surface area contributed by atoms with E-state index in [4.69, 9.17) is 10.2 Å².